The molecule has 0 bridgehead atoms. The lowest BCUT2D eigenvalue weighted by Gasteiger charge is -1.97. The van der Waals surface area contributed by atoms with Crippen LogP contribution in [-0.4, -0.2) is 6.17 Å². The molecule has 0 unspecified atom stereocenters. The van der Waals surface area contributed by atoms with E-state index < -0.39 is 12.0 Å². The van der Waals surface area contributed by atoms with Crippen LogP contribution in [0.5, 0.6) is 0 Å². The molecule has 0 aliphatic heterocycles. The Kier molecular flexibility index (Phi) is 3.40. The van der Waals surface area contributed by atoms with E-state index in [-0.39, 0.29) is 6.42 Å². The van der Waals surface area contributed by atoms with Gasteiger partial charge in [-0.2, -0.15) is 0 Å². The summed E-state index contributed by atoms with van der Waals surface area (Å²) in [6.07, 6.45) is -0.0235. The van der Waals surface area contributed by atoms with Crippen molar-refractivity contribution in [3.8, 4) is 0 Å². The molecule has 0 heterocycles. The molecule has 0 N–H and O–H groups in total. The molecule has 1 atom stereocenters. The Balaban J connectivity index is 3.63. The van der Waals surface area contributed by atoms with Gasteiger partial charge in [0, 0.05) is 0 Å². The molecule has 8 heavy (non-hydrogen) atoms. The Hall–Kier alpha value is -0.400. The summed E-state index contributed by atoms with van der Waals surface area (Å²) in [6.45, 7) is 3.09. The molecule has 0 aromatic carbocycles. The van der Waals surface area contributed by atoms with Gasteiger partial charge in [-0.05, 0) is 13.3 Å². The normalized spacial score (nSPS) is 16.2. The minimum Gasteiger partial charge on any atom is -0.240 e. The number of halogens is 2. The van der Waals surface area contributed by atoms with Crippen molar-refractivity contribution in [3.63, 3.8) is 0 Å². The van der Waals surface area contributed by atoms with Crippen LogP contribution < -0.4 is 0 Å². The van der Waals surface area contributed by atoms with Crippen LogP contribution in [0.15, 0.2) is 11.9 Å². The molecule has 0 fully saturated rings. The van der Waals surface area contributed by atoms with Gasteiger partial charge in [-0.15, -0.1) is 0 Å². The van der Waals surface area contributed by atoms with Gasteiger partial charge < -0.3 is 0 Å². The number of hydrogen-bond acceptors (Lipinski definition) is 0. The monoisotopic (exact) mass is 120 g/mol. The summed E-state index contributed by atoms with van der Waals surface area (Å²) in [5.41, 5.74) is 0. The lowest BCUT2D eigenvalue weighted by Crippen LogP contribution is -1.96. The highest BCUT2D eigenvalue weighted by molar-refractivity contribution is 4.95. The average molecular weight is 120 g/mol. The van der Waals surface area contributed by atoms with Gasteiger partial charge in [-0.3, -0.25) is 0 Å². The summed E-state index contributed by atoms with van der Waals surface area (Å²) in [7, 11) is 0. The summed E-state index contributed by atoms with van der Waals surface area (Å²) in [4.78, 5) is 0. The highest BCUT2D eigenvalue weighted by Gasteiger charge is 2.06. The summed E-state index contributed by atoms with van der Waals surface area (Å²) in [5, 5.41) is 0. The summed E-state index contributed by atoms with van der Waals surface area (Å²) in [5.74, 6) is -0.660. The molecule has 2 heteroatoms. The minimum absolute atomic E-state index is 0.218. The van der Waals surface area contributed by atoms with Crippen LogP contribution in [0.25, 0.3) is 0 Å². The van der Waals surface area contributed by atoms with E-state index in [2.05, 4.69) is 0 Å². The molecule has 0 amide bonds. The van der Waals surface area contributed by atoms with E-state index in [4.69, 9.17) is 0 Å². The van der Waals surface area contributed by atoms with Crippen LogP contribution in [0.2, 0.25) is 0 Å². The molecular formula is C6H10F2. The van der Waals surface area contributed by atoms with E-state index in [1.54, 1.807) is 6.92 Å². The van der Waals surface area contributed by atoms with Crippen molar-refractivity contribution >= 4 is 0 Å². The van der Waals surface area contributed by atoms with Gasteiger partial charge in [-0.1, -0.05) is 13.0 Å². The zero-order valence-corrected chi connectivity index (χ0v) is 5.12. The summed E-state index contributed by atoms with van der Waals surface area (Å²) >= 11 is 0. The quantitative estimate of drug-likeness (QED) is 0.525. The van der Waals surface area contributed by atoms with Crippen molar-refractivity contribution in [2.75, 3.05) is 0 Å². The molecule has 0 spiro atoms. The van der Waals surface area contributed by atoms with Gasteiger partial charge in [0.05, 0.1) is 0 Å². The largest absolute Gasteiger partial charge is 0.240 e. The molecule has 0 aromatic rings. The van der Waals surface area contributed by atoms with Crippen LogP contribution in [0, 0.1) is 0 Å². The fraction of sp³-hybridized carbons (Fsp3) is 0.667. The molecule has 0 saturated heterocycles. The molecule has 0 nitrogen and oxygen atoms in total. The molecule has 0 aromatic heterocycles. The standard InChI is InChI=1S/C6H10F2/c1-3-5(7)6(8)4-2/h3,6H,4H2,1-2H3/b5-3+/t6-/m1/s1. The van der Waals surface area contributed by atoms with Crippen molar-refractivity contribution in [1.29, 1.82) is 0 Å². The Labute approximate surface area is 48.2 Å². The highest BCUT2D eigenvalue weighted by atomic mass is 19.2. The van der Waals surface area contributed by atoms with Gasteiger partial charge in [0.15, 0.2) is 6.17 Å². The Bertz CT molecular complexity index is 86.5. The Morgan fingerprint density at radius 1 is 1.75 bits per heavy atom. The van der Waals surface area contributed by atoms with Gasteiger partial charge in [0.25, 0.3) is 0 Å². The maximum atomic E-state index is 12.1. The third-order valence-electron chi connectivity index (χ3n) is 0.933. The first-order valence-electron chi connectivity index (χ1n) is 2.68. The maximum Gasteiger partial charge on any atom is 0.151 e. The third kappa shape index (κ3) is 2.05. The average Bonchev–Trinajstić information content (AvgIpc) is 1.84. The first-order valence-corrected chi connectivity index (χ1v) is 2.68. The molecule has 0 saturated carbocycles. The molecule has 0 radical (unpaired) electrons. The van der Waals surface area contributed by atoms with E-state index >= 15 is 0 Å². The Morgan fingerprint density at radius 3 is 2.38 bits per heavy atom. The third-order valence-corrected chi connectivity index (χ3v) is 0.933. The number of alkyl halides is 1. The van der Waals surface area contributed by atoms with E-state index in [1.165, 1.54) is 6.92 Å². The van der Waals surface area contributed by atoms with Gasteiger partial charge in [0.2, 0.25) is 0 Å². The lowest BCUT2D eigenvalue weighted by atomic mass is 10.2. The predicted octanol–water partition coefficient (Wildman–Crippen LogP) is 2.61. The SMILES string of the molecule is C/C=C(/F)[C@H](F)CC. The Morgan fingerprint density at radius 2 is 2.25 bits per heavy atom. The first kappa shape index (κ1) is 7.60. The predicted molar refractivity (Wildman–Crippen MR) is 30.1 cm³/mol. The van der Waals surface area contributed by atoms with Crippen molar-refractivity contribution in [1.82, 2.24) is 0 Å². The smallest absolute Gasteiger partial charge is 0.151 e. The van der Waals surface area contributed by atoms with Crippen molar-refractivity contribution < 1.29 is 8.78 Å². The van der Waals surface area contributed by atoms with Crippen LogP contribution in [0.4, 0.5) is 8.78 Å². The summed E-state index contributed by atoms with van der Waals surface area (Å²) < 4.78 is 24.1. The molecule has 48 valence electrons. The minimum atomic E-state index is -1.39. The summed E-state index contributed by atoms with van der Waals surface area (Å²) in [6, 6.07) is 0. The fourth-order valence-corrected chi connectivity index (χ4v) is 0.376. The van der Waals surface area contributed by atoms with E-state index in [0.29, 0.717) is 0 Å². The van der Waals surface area contributed by atoms with Crippen LogP contribution >= 0.6 is 0 Å². The first-order chi connectivity index (χ1) is 3.72. The maximum absolute atomic E-state index is 12.1. The lowest BCUT2D eigenvalue weighted by molar-refractivity contribution is 0.318. The van der Waals surface area contributed by atoms with Crippen LogP contribution in [0.3, 0.4) is 0 Å². The van der Waals surface area contributed by atoms with Crippen molar-refractivity contribution in [3.05, 3.63) is 11.9 Å². The van der Waals surface area contributed by atoms with Gasteiger partial charge >= 0.3 is 0 Å². The number of rotatable bonds is 2. The van der Waals surface area contributed by atoms with Gasteiger partial charge in [-0.25, -0.2) is 8.78 Å². The second kappa shape index (κ2) is 3.58. The second-order valence-corrected chi connectivity index (χ2v) is 1.55. The number of hydrogen-bond donors (Lipinski definition) is 0. The van der Waals surface area contributed by atoms with Crippen molar-refractivity contribution in [2.45, 2.75) is 26.4 Å². The topological polar surface area (TPSA) is 0 Å². The molecule has 0 aliphatic rings. The van der Waals surface area contributed by atoms with E-state index in [9.17, 15) is 8.78 Å². The van der Waals surface area contributed by atoms with E-state index in [0.717, 1.165) is 6.08 Å². The van der Waals surface area contributed by atoms with Crippen LogP contribution in [-0.2, 0) is 0 Å². The molecule has 0 aliphatic carbocycles. The van der Waals surface area contributed by atoms with E-state index in [1.807, 2.05) is 0 Å². The highest BCUT2D eigenvalue weighted by Crippen LogP contribution is 2.10. The number of allylic oxidation sites excluding steroid dienone is 2. The zero-order chi connectivity index (χ0) is 6.57. The fourth-order valence-electron chi connectivity index (χ4n) is 0.376. The zero-order valence-electron chi connectivity index (χ0n) is 5.12. The van der Waals surface area contributed by atoms with Crippen molar-refractivity contribution in [2.24, 2.45) is 0 Å². The van der Waals surface area contributed by atoms with Gasteiger partial charge in [0.1, 0.15) is 5.83 Å². The molecular weight excluding hydrogens is 110 g/mol. The molecule has 0 rings (SSSR count). The van der Waals surface area contributed by atoms with Crippen LogP contribution in [0.1, 0.15) is 20.3 Å². The second-order valence-electron chi connectivity index (χ2n) is 1.55.